The van der Waals surface area contributed by atoms with Gasteiger partial charge in [0.25, 0.3) is 0 Å². The molecule has 0 aliphatic carbocycles. The third-order valence-corrected chi connectivity index (χ3v) is 4.43. The number of hydrogen-bond acceptors (Lipinski definition) is 5. The Hall–Kier alpha value is -0.940. The largest absolute Gasteiger partial charge is 0.411 e. The van der Waals surface area contributed by atoms with Crippen LogP contribution in [0.5, 0.6) is 0 Å². The smallest absolute Gasteiger partial charge is 0.107 e. The van der Waals surface area contributed by atoms with Crippen molar-refractivity contribution in [3.63, 3.8) is 0 Å². The molecule has 0 aromatic carbocycles. The molecule has 1 fully saturated rings. The van der Waals surface area contributed by atoms with Gasteiger partial charge in [-0.1, -0.05) is 32.9 Å². The lowest BCUT2D eigenvalue weighted by molar-refractivity contribution is 0.228. The number of oxime groups is 1. The molecule has 1 aromatic rings. The van der Waals surface area contributed by atoms with Gasteiger partial charge >= 0.3 is 0 Å². The molecule has 1 atom stereocenters. The van der Waals surface area contributed by atoms with Crippen molar-refractivity contribution in [2.24, 2.45) is 11.1 Å². The van der Waals surface area contributed by atoms with E-state index in [2.05, 4.69) is 43.1 Å². The van der Waals surface area contributed by atoms with Crippen molar-refractivity contribution >= 4 is 17.0 Å². The first-order valence-corrected chi connectivity index (χ1v) is 7.66. The standard InChI is InChI=1S/C14H23N3OS/c1-10-7-17(6-5-11(10)16-18)8-13-15-12(9-19-13)14(2,3)4/h9-10,18H,5-8H2,1-4H3. The van der Waals surface area contributed by atoms with Gasteiger partial charge in [-0.15, -0.1) is 11.3 Å². The van der Waals surface area contributed by atoms with Gasteiger partial charge in [0.2, 0.25) is 0 Å². The molecule has 1 unspecified atom stereocenters. The van der Waals surface area contributed by atoms with Crippen LogP contribution >= 0.6 is 11.3 Å². The summed E-state index contributed by atoms with van der Waals surface area (Å²) in [6.07, 6.45) is 0.856. The lowest BCUT2D eigenvalue weighted by Crippen LogP contribution is -2.39. The number of nitrogens with zero attached hydrogens (tertiary/aromatic N) is 3. The Bertz CT molecular complexity index is 462. The molecule has 1 saturated heterocycles. The van der Waals surface area contributed by atoms with Gasteiger partial charge < -0.3 is 5.21 Å². The summed E-state index contributed by atoms with van der Waals surface area (Å²) in [6, 6.07) is 0. The molecule has 19 heavy (non-hydrogen) atoms. The Kier molecular flexibility index (Phi) is 4.26. The van der Waals surface area contributed by atoms with Gasteiger partial charge in [-0.25, -0.2) is 4.98 Å². The molecule has 0 amide bonds. The zero-order valence-corrected chi connectivity index (χ0v) is 13.0. The first kappa shape index (κ1) is 14.5. The Morgan fingerprint density at radius 1 is 1.53 bits per heavy atom. The molecule has 1 aromatic heterocycles. The van der Waals surface area contributed by atoms with Crippen molar-refractivity contribution in [3.8, 4) is 0 Å². The zero-order valence-electron chi connectivity index (χ0n) is 12.2. The average molecular weight is 281 g/mol. The summed E-state index contributed by atoms with van der Waals surface area (Å²) in [5.41, 5.74) is 2.22. The highest BCUT2D eigenvalue weighted by molar-refractivity contribution is 7.09. The Labute approximate surface area is 119 Å². The average Bonchev–Trinajstić information content (AvgIpc) is 2.77. The Balaban J connectivity index is 1.97. The number of aromatic nitrogens is 1. The quantitative estimate of drug-likeness (QED) is 0.669. The molecule has 0 spiro atoms. The molecule has 5 heteroatoms. The van der Waals surface area contributed by atoms with Crippen molar-refractivity contribution in [1.29, 1.82) is 0 Å². The Morgan fingerprint density at radius 3 is 2.79 bits per heavy atom. The lowest BCUT2D eigenvalue weighted by Gasteiger charge is -2.30. The molecule has 106 valence electrons. The predicted octanol–water partition coefficient (Wildman–Crippen LogP) is 3.11. The normalized spacial score (nSPS) is 24.0. The highest BCUT2D eigenvalue weighted by Crippen LogP contribution is 2.25. The first-order valence-electron chi connectivity index (χ1n) is 6.78. The van der Waals surface area contributed by atoms with Crippen LogP contribution < -0.4 is 0 Å². The van der Waals surface area contributed by atoms with E-state index in [1.165, 1.54) is 10.7 Å². The van der Waals surface area contributed by atoms with E-state index in [1.54, 1.807) is 11.3 Å². The third-order valence-electron chi connectivity index (χ3n) is 3.59. The first-order chi connectivity index (χ1) is 8.90. The summed E-state index contributed by atoms with van der Waals surface area (Å²) in [5, 5.41) is 15.6. The molecule has 4 nitrogen and oxygen atoms in total. The molecular formula is C14H23N3OS. The van der Waals surface area contributed by atoms with Gasteiger partial charge in [-0.05, 0) is 0 Å². The topological polar surface area (TPSA) is 48.7 Å². The molecule has 0 saturated carbocycles. The second kappa shape index (κ2) is 5.59. The second-order valence-electron chi connectivity index (χ2n) is 6.35. The van der Waals surface area contributed by atoms with Crippen LogP contribution in [0.1, 0.15) is 44.8 Å². The maximum absolute atomic E-state index is 8.89. The van der Waals surface area contributed by atoms with Gasteiger partial charge in [0.05, 0.1) is 18.0 Å². The van der Waals surface area contributed by atoms with Gasteiger partial charge in [0.1, 0.15) is 5.01 Å². The van der Waals surface area contributed by atoms with E-state index in [4.69, 9.17) is 10.2 Å². The van der Waals surface area contributed by atoms with E-state index in [0.29, 0.717) is 5.92 Å². The van der Waals surface area contributed by atoms with Crippen LogP contribution in [-0.4, -0.2) is 33.9 Å². The minimum atomic E-state index is 0.126. The van der Waals surface area contributed by atoms with Crippen molar-refractivity contribution < 1.29 is 5.21 Å². The fourth-order valence-electron chi connectivity index (χ4n) is 2.31. The maximum Gasteiger partial charge on any atom is 0.107 e. The van der Waals surface area contributed by atoms with Gasteiger partial charge in [-0.2, -0.15) is 0 Å². The second-order valence-corrected chi connectivity index (χ2v) is 7.30. The summed E-state index contributed by atoms with van der Waals surface area (Å²) >= 11 is 1.75. The SMILES string of the molecule is CC1CN(Cc2nc(C(C)(C)C)cs2)CCC1=NO. The van der Waals surface area contributed by atoms with Crippen LogP contribution in [0.4, 0.5) is 0 Å². The van der Waals surface area contributed by atoms with Crippen molar-refractivity contribution in [1.82, 2.24) is 9.88 Å². The van der Waals surface area contributed by atoms with Gasteiger partial charge in [0, 0.05) is 36.2 Å². The molecule has 1 N–H and O–H groups in total. The van der Waals surface area contributed by atoms with E-state index in [-0.39, 0.29) is 5.41 Å². The van der Waals surface area contributed by atoms with E-state index < -0.39 is 0 Å². The third kappa shape index (κ3) is 3.54. The van der Waals surface area contributed by atoms with Gasteiger partial charge in [0.15, 0.2) is 0 Å². The van der Waals surface area contributed by atoms with Gasteiger partial charge in [-0.3, -0.25) is 4.90 Å². The minimum absolute atomic E-state index is 0.126. The van der Waals surface area contributed by atoms with Crippen LogP contribution in [0.15, 0.2) is 10.5 Å². The Morgan fingerprint density at radius 2 is 2.26 bits per heavy atom. The van der Waals surface area contributed by atoms with Crippen molar-refractivity contribution in [2.75, 3.05) is 13.1 Å². The number of likely N-dealkylation sites (tertiary alicyclic amines) is 1. The lowest BCUT2D eigenvalue weighted by atomic mass is 9.93. The van der Waals surface area contributed by atoms with E-state index >= 15 is 0 Å². The summed E-state index contributed by atoms with van der Waals surface area (Å²) in [6.45, 7) is 11.5. The van der Waals surface area contributed by atoms with E-state index in [1.807, 2.05) is 0 Å². The number of piperidine rings is 1. The summed E-state index contributed by atoms with van der Waals surface area (Å²) in [7, 11) is 0. The summed E-state index contributed by atoms with van der Waals surface area (Å²) < 4.78 is 0. The number of rotatable bonds is 2. The molecule has 1 aliphatic rings. The predicted molar refractivity (Wildman–Crippen MR) is 79.1 cm³/mol. The molecule has 2 rings (SSSR count). The minimum Gasteiger partial charge on any atom is -0.411 e. The van der Waals surface area contributed by atoms with E-state index in [0.717, 1.165) is 31.8 Å². The molecule has 0 bridgehead atoms. The highest BCUT2D eigenvalue weighted by atomic mass is 32.1. The number of thiazole rings is 1. The fourth-order valence-corrected chi connectivity index (χ4v) is 3.38. The molecule has 1 aliphatic heterocycles. The molecule has 2 heterocycles. The summed E-state index contributed by atoms with van der Waals surface area (Å²) in [4.78, 5) is 7.13. The van der Waals surface area contributed by atoms with Crippen LogP contribution in [0.3, 0.4) is 0 Å². The van der Waals surface area contributed by atoms with Crippen LogP contribution in [0.25, 0.3) is 0 Å². The maximum atomic E-state index is 8.89. The highest BCUT2D eigenvalue weighted by Gasteiger charge is 2.24. The molecule has 0 radical (unpaired) electrons. The fraction of sp³-hybridized carbons (Fsp3) is 0.714. The number of hydrogen-bond donors (Lipinski definition) is 1. The molecular weight excluding hydrogens is 258 g/mol. The van der Waals surface area contributed by atoms with Crippen LogP contribution in [-0.2, 0) is 12.0 Å². The van der Waals surface area contributed by atoms with E-state index in [9.17, 15) is 0 Å². The van der Waals surface area contributed by atoms with Crippen LogP contribution in [0.2, 0.25) is 0 Å². The monoisotopic (exact) mass is 281 g/mol. The summed E-state index contributed by atoms with van der Waals surface area (Å²) in [5.74, 6) is 0.334. The van der Waals surface area contributed by atoms with Crippen LogP contribution in [0, 0.1) is 5.92 Å². The van der Waals surface area contributed by atoms with Crippen molar-refractivity contribution in [2.45, 2.75) is 46.1 Å². The zero-order chi connectivity index (χ0) is 14.0. The van der Waals surface area contributed by atoms with Crippen molar-refractivity contribution in [3.05, 3.63) is 16.1 Å².